The van der Waals surface area contributed by atoms with Crippen molar-refractivity contribution in [3.05, 3.63) is 81.8 Å². The molecule has 0 N–H and O–H groups in total. The van der Waals surface area contributed by atoms with Gasteiger partial charge in [-0.3, -0.25) is 0 Å². The number of rotatable bonds is 6. The van der Waals surface area contributed by atoms with E-state index in [-0.39, 0.29) is 6.10 Å². The van der Waals surface area contributed by atoms with Crippen LogP contribution in [0.4, 0.5) is 0 Å². The number of aromatic nitrogens is 2. The smallest absolute Gasteiger partial charge is 0.214 e. The third-order valence-electron chi connectivity index (χ3n) is 4.34. The number of benzene rings is 2. The fourth-order valence-corrected chi connectivity index (χ4v) is 3.55. The highest BCUT2D eigenvalue weighted by Crippen LogP contribution is 2.37. The summed E-state index contributed by atoms with van der Waals surface area (Å²) in [5.74, 6) is -0.0626. The summed E-state index contributed by atoms with van der Waals surface area (Å²) in [5, 5.41) is 0. The third-order valence-corrected chi connectivity index (χ3v) is 5.40. The molecule has 7 heteroatoms. The molecular weight excluding hydrogens is 476 g/mol. The van der Waals surface area contributed by atoms with Crippen molar-refractivity contribution in [3.63, 3.8) is 0 Å². The van der Waals surface area contributed by atoms with Crippen LogP contribution in [0.1, 0.15) is 5.56 Å². The van der Waals surface area contributed by atoms with E-state index in [4.69, 9.17) is 14.2 Å². The Morgan fingerprint density at radius 2 is 1.78 bits per heavy atom. The molecule has 2 atom stereocenters. The minimum atomic E-state index is -0.866. The molecule has 1 saturated heterocycles. The van der Waals surface area contributed by atoms with E-state index in [1.54, 1.807) is 12.5 Å². The van der Waals surface area contributed by atoms with Gasteiger partial charge in [-0.15, -0.1) is 0 Å². The van der Waals surface area contributed by atoms with E-state index < -0.39 is 5.79 Å². The van der Waals surface area contributed by atoms with Gasteiger partial charge in [0.2, 0.25) is 5.79 Å². The fourth-order valence-electron chi connectivity index (χ4n) is 3.02. The van der Waals surface area contributed by atoms with Crippen molar-refractivity contribution in [1.82, 2.24) is 9.55 Å². The maximum atomic E-state index is 6.37. The zero-order valence-electron chi connectivity index (χ0n) is 14.4. The molecule has 140 valence electrons. The Balaban J connectivity index is 1.50. The molecule has 0 aliphatic carbocycles. The Morgan fingerprint density at radius 1 is 1.07 bits per heavy atom. The van der Waals surface area contributed by atoms with E-state index >= 15 is 0 Å². The maximum absolute atomic E-state index is 6.37. The number of nitrogens with zero attached hydrogens (tertiary/aromatic N) is 2. The SMILES string of the molecule is Brc1ccc(OCC2COC(Cn3ccnc3)(c3ccc(Br)cc3)O2)cc1. The topological polar surface area (TPSA) is 45.5 Å². The van der Waals surface area contributed by atoms with E-state index in [2.05, 4.69) is 36.8 Å². The lowest BCUT2D eigenvalue weighted by Crippen LogP contribution is -2.34. The van der Waals surface area contributed by atoms with E-state index in [0.717, 1.165) is 20.3 Å². The molecule has 2 heterocycles. The van der Waals surface area contributed by atoms with Crippen LogP contribution in [0.5, 0.6) is 5.75 Å². The van der Waals surface area contributed by atoms with Crippen molar-refractivity contribution >= 4 is 31.9 Å². The van der Waals surface area contributed by atoms with Gasteiger partial charge in [-0.2, -0.15) is 0 Å². The lowest BCUT2D eigenvalue weighted by molar-refractivity contribution is -0.189. The molecule has 0 amide bonds. The molecule has 4 rings (SSSR count). The zero-order valence-corrected chi connectivity index (χ0v) is 17.6. The van der Waals surface area contributed by atoms with Crippen LogP contribution >= 0.6 is 31.9 Å². The summed E-state index contributed by atoms with van der Waals surface area (Å²) in [7, 11) is 0. The Kier molecular flexibility index (Phi) is 5.63. The molecule has 2 unspecified atom stereocenters. The average molecular weight is 494 g/mol. The largest absolute Gasteiger partial charge is 0.491 e. The molecule has 1 aliphatic heterocycles. The number of ether oxygens (including phenoxy) is 3. The van der Waals surface area contributed by atoms with E-state index in [1.165, 1.54) is 0 Å². The van der Waals surface area contributed by atoms with Gasteiger partial charge < -0.3 is 18.8 Å². The number of imidazole rings is 1. The van der Waals surface area contributed by atoms with Crippen LogP contribution in [0.25, 0.3) is 0 Å². The standard InChI is InChI=1S/C20H18Br2N2O3/c21-16-3-1-15(2-4-16)20(13-24-10-9-23-14-24)26-12-19(27-20)11-25-18-7-5-17(22)6-8-18/h1-10,14,19H,11-13H2. The normalized spacial score (nSPS) is 22.1. The summed E-state index contributed by atoms with van der Waals surface area (Å²) in [6.07, 6.45) is 5.25. The number of halogens is 2. The predicted octanol–water partition coefficient (Wildman–Crippen LogP) is 4.76. The van der Waals surface area contributed by atoms with Crippen molar-refractivity contribution in [3.8, 4) is 5.75 Å². The molecule has 0 bridgehead atoms. The highest BCUT2D eigenvalue weighted by Gasteiger charge is 2.44. The van der Waals surface area contributed by atoms with Crippen LogP contribution in [-0.4, -0.2) is 28.9 Å². The van der Waals surface area contributed by atoms with Crippen LogP contribution in [0.15, 0.2) is 76.2 Å². The summed E-state index contributed by atoms with van der Waals surface area (Å²) in [4.78, 5) is 4.12. The molecule has 0 radical (unpaired) electrons. The molecule has 5 nitrogen and oxygen atoms in total. The molecule has 27 heavy (non-hydrogen) atoms. The van der Waals surface area contributed by atoms with Crippen molar-refractivity contribution in [2.24, 2.45) is 0 Å². The van der Waals surface area contributed by atoms with Crippen molar-refractivity contribution < 1.29 is 14.2 Å². The first-order valence-corrected chi connectivity index (χ1v) is 10.1. The molecule has 2 aromatic carbocycles. The number of hydrogen-bond acceptors (Lipinski definition) is 4. The van der Waals surface area contributed by atoms with Gasteiger partial charge in [-0.05, 0) is 36.4 Å². The molecule has 1 aliphatic rings. The minimum Gasteiger partial charge on any atom is -0.491 e. The fraction of sp³-hybridized carbons (Fsp3) is 0.250. The van der Waals surface area contributed by atoms with Gasteiger partial charge in [0, 0.05) is 26.9 Å². The second-order valence-electron chi connectivity index (χ2n) is 6.31. The Bertz CT molecular complexity index is 869. The van der Waals surface area contributed by atoms with Crippen LogP contribution < -0.4 is 4.74 Å². The second-order valence-corrected chi connectivity index (χ2v) is 8.14. The second kappa shape index (κ2) is 8.14. The summed E-state index contributed by atoms with van der Waals surface area (Å²) >= 11 is 6.91. The van der Waals surface area contributed by atoms with Gasteiger partial charge in [-0.25, -0.2) is 4.98 Å². The van der Waals surface area contributed by atoms with Crippen LogP contribution in [-0.2, 0) is 21.8 Å². The molecular formula is C20H18Br2N2O3. The number of hydrogen-bond donors (Lipinski definition) is 0. The highest BCUT2D eigenvalue weighted by atomic mass is 79.9. The molecule has 0 saturated carbocycles. The van der Waals surface area contributed by atoms with Crippen LogP contribution in [0, 0.1) is 0 Å². The molecule has 1 fully saturated rings. The van der Waals surface area contributed by atoms with Crippen molar-refractivity contribution in [2.75, 3.05) is 13.2 Å². The van der Waals surface area contributed by atoms with E-state index in [9.17, 15) is 0 Å². The first kappa shape index (κ1) is 18.7. The van der Waals surface area contributed by atoms with Gasteiger partial charge >= 0.3 is 0 Å². The lowest BCUT2D eigenvalue weighted by Gasteiger charge is -2.29. The quantitative estimate of drug-likeness (QED) is 0.496. The Labute approximate surface area is 174 Å². The third kappa shape index (κ3) is 4.43. The molecule has 3 aromatic rings. The monoisotopic (exact) mass is 492 g/mol. The minimum absolute atomic E-state index is 0.166. The summed E-state index contributed by atoms with van der Waals surface area (Å²) in [6, 6.07) is 15.8. The van der Waals surface area contributed by atoms with Gasteiger partial charge in [-0.1, -0.05) is 44.0 Å². The zero-order chi connectivity index (χ0) is 18.7. The van der Waals surface area contributed by atoms with Gasteiger partial charge in [0.25, 0.3) is 0 Å². The summed E-state index contributed by atoms with van der Waals surface area (Å²) in [6.45, 7) is 1.40. The molecule has 1 aromatic heterocycles. The van der Waals surface area contributed by atoms with Gasteiger partial charge in [0.1, 0.15) is 18.5 Å². The van der Waals surface area contributed by atoms with E-state index in [1.807, 2.05) is 59.3 Å². The van der Waals surface area contributed by atoms with Crippen molar-refractivity contribution in [2.45, 2.75) is 18.4 Å². The van der Waals surface area contributed by atoms with Crippen LogP contribution in [0.2, 0.25) is 0 Å². The predicted molar refractivity (Wildman–Crippen MR) is 109 cm³/mol. The Morgan fingerprint density at radius 3 is 2.44 bits per heavy atom. The highest BCUT2D eigenvalue weighted by molar-refractivity contribution is 9.10. The first-order valence-electron chi connectivity index (χ1n) is 8.55. The lowest BCUT2D eigenvalue weighted by atomic mass is 10.1. The molecule has 0 spiro atoms. The van der Waals surface area contributed by atoms with Gasteiger partial charge in [0.15, 0.2) is 0 Å². The summed E-state index contributed by atoms with van der Waals surface area (Å²) in [5.41, 5.74) is 0.963. The Hall–Kier alpha value is -1.67. The van der Waals surface area contributed by atoms with Crippen molar-refractivity contribution in [1.29, 1.82) is 0 Å². The van der Waals surface area contributed by atoms with Gasteiger partial charge in [0.05, 0.1) is 19.5 Å². The first-order chi connectivity index (χ1) is 13.1. The maximum Gasteiger partial charge on any atom is 0.214 e. The summed E-state index contributed by atoms with van der Waals surface area (Å²) < 4.78 is 22.4. The van der Waals surface area contributed by atoms with E-state index in [0.29, 0.717) is 19.8 Å². The average Bonchev–Trinajstić information content (AvgIpc) is 3.33. The van der Waals surface area contributed by atoms with Crippen LogP contribution in [0.3, 0.4) is 0 Å².